The summed E-state index contributed by atoms with van der Waals surface area (Å²) in [6, 6.07) is 9.18. The maximum atomic E-state index is 12.2. The maximum absolute atomic E-state index is 12.2. The molecule has 0 bridgehead atoms. The largest absolute Gasteiger partial charge is 0.443 e. The molecule has 1 aromatic carbocycles. The van der Waals surface area contributed by atoms with Crippen LogP contribution in [0.2, 0.25) is 0 Å². The van der Waals surface area contributed by atoms with Crippen molar-refractivity contribution in [1.29, 1.82) is 5.26 Å². The number of anilines is 1. The van der Waals surface area contributed by atoms with Crippen molar-refractivity contribution in [3.8, 4) is 6.07 Å². The SMILES string of the molecule is N#Cc1oc2ccccc2c1NC(=O)CSc1n[nH]c(C2CC2)n1. The number of rotatable bonds is 5. The lowest BCUT2D eigenvalue weighted by molar-refractivity contribution is -0.113. The van der Waals surface area contributed by atoms with Crippen LogP contribution in [0.15, 0.2) is 33.8 Å². The number of hydrogen-bond acceptors (Lipinski definition) is 6. The fraction of sp³-hybridized carbons (Fsp3) is 0.250. The summed E-state index contributed by atoms with van der Waals surface area (Å²) < 4.78 is 5.44. The van der Waals surface area contributed by atoms with Gasteiger partial charge in [-0.1, -0.05) is 23.9 Å². The van der Waals surface area contributed by atoms with Crippen LogP contribution in [0, 0.1) is 11.3 Å². The summed E-state index contributed by atoms with van der Waals surface area (Å²) in [6.45, 7) is 0. The number of aromatic amines is 1. The lowest BCUT2D eigenvalue weighted by Crippen LogP contribution is -2.14. The number of benzene rings is 1. The number of fused-ring (bicyclic) bond motifs is 1. The van der Waals surface area contributed by atoms with E-state index in [1.807, 2.05) is 18.2 Å². The number of nitriles is 1. The van der Waals surface area contributed by atoms with Crippen LogP contribution in [0.4, 0.5) is 5.69 Å². The van der Waals surface area contributed by atoms with E-state index in [9.17, 15) is 10.1 Å². The molecule has 0 atom stereocenters. The van der Waals surface area contributed by atoms with Gasteiger partial charge in [-0.3, -0.25) is 9.89 Å². The number of hydrogen-bond donors (Lipinski definition) is 2. The van der Waals surface area contributed by atoms with Crippen LogP contribution in [0.25, 0.3) is 11.0 Å². The van der Waals surface area contributed by atoms with E-state index in [-0.39, 0.29) is 17.4 Å². The minimum atomic E-state index is -0.235. The van der Waals surface area contributed by atoms with Gasteiger partial charge in [0.2, 0.25) is 16.8 Å². The summed E-state index contributed by atoms with van der Waals surface area (Å²) in [5, 5.41) is 20.2. The van der Waals surface area contributed by atoms with Gasteiger partial charge in [0.1, 0.15) is 23.2 Å². The molecule has 0 saturated heterocycles. The predicted molar refractivity (Wildman–Crippen MR) is 88.6 cm³/mol. The second-order valence-corrected chi connectivity index (χ2v) is 6.47. The highest BCUT2D eigenvalue weighted by Crippen LogP contribution is 2.38. The van der Waals surface area contributed by atoms with E-state index in [1.54, 1.807) is 12.1 Å². The van der Waals surface area contributed by atoms with Gasteiger partial charge in [0.25, 0.3) is 0 Å². The first-order valence-corrected chi connectivity index (χ1v) is 8.49. The van der Waals surface area contributed by atoms with Crippen LogP contribution in [0.5, 0.6) is 0 Å². The molecular formula is C16H13N5O2S. The Bertz CT molecular complexity index is 951. The van der Waals surface area contributed by atoms with E-state index in [0.29, 0.717) is 27.7 Å². The molecule has 1 aliphatic rings. The Labute approximate surface area is 141 Å². The number of carbonyl (C=O) groups excluding carboxylic acids is 1. The zero-order chi connectivity index (χ0) is 16.5. The van der Waals surface area contributed by atoms with Crippen molar-refractivity contribution in [3.05, 3.63) is 35.9 Å². The van der Waals surface area contributed by atoms with Gasteiger partial charge in [0, 0.05) is 11.3 Å². The van der Waals surface area contributed by atoms with Crippen molar-refractivity contribution in [3.63, 3.8) is 0 Å². The number of nitrogens with zero attached hydrogens (tertiary/aromatic N) is 3. The highest BCUT2D eigenvalue weighted by Gasteiger charge is 2.27. The molecule has 120 valence electrons. The summed E-state index contributed by atoms with van der Waals surface area (Å²) in [7, 11) is 0. The number of carbonyl (C=O) groups is 1. The molecule has 0 unspecified atom stereocenters. The number of thioether (sulfide) groups is 1. The monoisotopic (exact) mass is 339 g/mol. The number of nitrogens with one attached hydrogen (secondary N) is 2. The van der Waals surface area contributed by atoms with E-state index < -0.39 is 0 Å². The Morgan fingerprint density at radius 2 is 2.29 bits per heavy atom. The zero-order valence-electron chi connectivity index (χ0n) is 12.6. The van der Waals surface area contributed by atoms with Gasteiger partial charge in [0.15, 0.2) is 0 Å². The van der Waals surface area contributed by atoms with Crippen LogP contribution in [-0.4, -0.2) is 26.8 Å². The Kier molecular flexibility index (Phi) is 3.70. The standard InChI is InChI=1S/C16H13N5O2S/c17-7-12-14(10-3-1-2-4-11(10)23-12)18-13(22)8-24-16-19-15(20-21-16)9-5-6-9/h1-4,9H,5-6,8H2,(H,18,22)(H,19,20,21). The second-order valence-electron chi connectivity index (χ2n) is 5.53. The van der Waals surface area contributed by atoms with Crippen molar-refractivity contribution >= 4 is 34.3 Å². The summed E-state index contributed by atoms with van der Waals surface area (Å²) in [5.74, 6) is 1.41. The first-order chi connectivity index (χ1) is 11.7. The normalized spacial score (nSPS) is 13.8. The van der Waals surface area contributed by atoms with Gasteiger partial charge < -0.3 is 9.73 Å². The molecule has 0 radical (unpaired) electrons. The highest BCUT2D eigenvalue weighted by atomic mass is 32.2. The predicted octanol–water partition coefficient (Wildman–Crippen LogP) is 3.03. The molecule has 8 heteroatoms. The van der Waals surface area contributed by atoms with Gasteiger partial charge in [-0.15, -0.1) is 5.10 Å². The van der Waals surface area contributed by atoms with Crippen molar-refractivity contribution in [2.24, 2.45) is 0 Å². The van der Waals surface area contributed by atoms with Crippen molar-refractivity contribution in [2.75, 3.05) is 11.1 Å². The molecule has 3 aromatic rings. The molecule has 2 aromatic heterocycles. The molecule has 1 fully saturated rings. The number of H-pyrrole nitrogens is 1. The Balaban J connectivity index is 1.44. The van der Waals surface area contributed by atoms with E-state index in [4.69, 9.17) is 4.42 Å². The Morgan fingerprint density at radius 3 is 3.08 bits per heavy atom. The minimum Gasteiger partial charge on any atom is -0.443 e. The van der Waals surface area contributed by atoms with Gasteiger partial charge in [0.05, 0.1) is 5.75 Å². The third-order valence-electron chi connectivity index (χ3n) is 3.74. The molecule has 2 N–H and O–H groups in total. The van der Waals surface area contributed by atoms with Gasteiger partial charge >= 0.3 is 0 Å². The van der Waals surface area contributed by atoms with Crippen LogP contribution >= 0.6 is 11.8 Å². The van der Waals surface area contributed by atoms with Gasteiger partial charge in [-0.05, 0) is 25.0 Å². The maximum Gasteiger partial charge on any atom is 0.234 e. The van der Waals surface area contributed by atoms with Crippen LogP contribution in [0.3, 0.4) is 0 Å². The molecule has 7 nitrogen and oxygen atoms in total. The van der Waals surface area contributed by atoms with Crippen LogP contribution < -0.4 is 5.32 Å². The number of furan rings is 1. The van der Waals surface area contributed by atoms with Gasteiger partial charge in [-0.2, -0.15) is 5.26 Å². The summed E-state index contributed by atoms with van der Waals surface area (Å²) in [6.07, 6.45) is 2.29. The smallest absolute Gasteiger partial charge is 0.234 e. The highest BCUT2D eigenvalue weighted by molar-refractivity contribution is 7.99. The summed E-state index contributed by atoms with van der Waals surface area (Å²) in [4.78, 5) is 16.6. The first-order valence-electron chi connectivity index (χ1n) is 7.51. The fourth-order valence-electron chi connectivity index (χ4n) is 2.42. The topological polar surface area (TPSA) is 108 Å². The number of amides is 1. The lowest BCUT2D eigenvalue weighted by atomic mass is 10.2. The molecule has 24 heavy (non-hydrogen) atoms. The molecule has 4 rings (SSSR count). The zero-order valence-corrected chi connectivity index (χ0v) is 13.4. The molecule has 0 spiro atoms. The van der Waals surface area contributed by atoms with Crippen molar-refractivity contribution < 1.29 is 9.21 Å². The summed E-state index contributed by atoms with van der Waals surface area (Å²) >= 11 is 1.26. The van der Waals surface area contributed by atoms with Crippen LogP contribution in [0.1, 0.15) is 30.3 Å². The molecular weight excluding hydrogens is 326 g/mol. The fourth-order valence-corrected chi connectivity index (χ4v) is 3.02. The van der Waals surface area contributed by atoms with Crippen molar-refractivity contribution in [2.45, 2.75) is 23.9 Å². The summed E-state index contributed by atoms with van der Waals surface area (Å²) in [5.41, 5.74) is 0.979. The van der Waals surface area contributed by atoms with Crippen molar-refractivity contribution in [1.82, 2.24) is 15.2 Å². The molecule has 1 amide bonds. The molecule has 0 aliphatic heterocycles. The van der Waals surface area contributed by atoms with E-state index in [1.165, 1.54) is 11.8 Å². The van der Waals surface area contributed by atoms with E-state index in [0.717, 1.165) is 18.7 Å². The number of aromatic nitrogens is 3. The van der Waals surface area contributed by atoms with E-state index >= 15 is 0 Å². The Morgan fingerprint density at radius 1 is 1.46 bits per heavy atom. The quantitative estimate of drug-likeness (QED) is 0.692. The average molecular weight is 339 g/mol. The molecule has 2 heterocycles. The first kappa shape index (κ1) is 14.8. The minimum absolute atomic E-state index is 0.100. The van der Waals surface area contributed by atoms with Gasteiger partial charge in [-0.25, -0.2) is 4.98 Å². The third-order valence-corrected chi connectivity index (χ3v) is 4.59. The second kappa shape index (κ2) is 6.02. The van der Waals surface area contributed by atoms with E-state index in [2.05, 4.69) is 20.5 Å². The lowest BCUT2D eigenvalue weighted by Gasteiger charge is -2.02. The third kappa shape index (κ3) is 2.86. The van der Waals surface area contributed by atoms with Crippen LogP contribution in [-0.2, 0) is 4.79 Å². The average Bonchev–Trinajstić information content (AvgIpc) is 3.24. The molecule has 1 aliphatic carbocycles. The number of para-hydroxylation sites is 1. The Hall–Kier alpha value is -2.79. The molecule has 1 saturated carbocycles.